The molecule has 1 saturated carbocycles. The van der Waals surface area contributed by atoms with Gasteiger partial charge in [0.25, 0.3) is 0 Å². The number of hydrogen-bond donors (Lipinski definition) is 3. The van der Waals surface area contributed by atoms with Crippen molar-refractivity contribution in [1.29, 1.82) is 0 Å². The highest BCUT2D eigenvalue weighted by atomic mass is 16.3. The van der Waals surface area contributed by atoms with Gasteiger partial charge in [-0.3, -0.25) is 24.6 Å². The Labute approximate surface area is 182 Å². The number of nitrogens with zero attached hydrogens (tertiary/aromatic N) is 1. The van der Waals surface area contributed by atoms with E-state index in [-0.39, 0.29) is 23.8 Å². The SMILES string of the molecule is Cc1cc(C)c2c(c1)C1(NC(C(C)O)C3C(=O)N(C4CCCCCC4)C(=O)C31)C(=O)N2. The van der Waals surface area contributed by atoms with Gasteiger partial charge in [-0.25, -0.2) is 0 Å². The van der Waals surface area contributed by atoms with Crippen molar-refractivity contribution in [2.45, 2.75) is 83.0 Å². The first-order valence-corrected chi connectivity index (χ1v) is 11.5. The molecule has 5 rings (SSSR count). The van der Waals surface area contributed by atoms with Crippen LogP contribution in [-0.2, 0) is 19.9 Å². The van der Waals surface area contributed by atoms with Crippen molar-refractivity contribution in [1.82, 2.24) is 10.2 Å². The molecule has 3 N–H and O–H groups in total. The third-order valence-electron chi connectivity index (χ3n) is 7.84. The second-order valence-electron chi connectivity index (χ2n) is 9.87. The Kier molecular flexibility index (Phi) is 4.75. The van der Waals surface area contributed by atoms with Crippen molar-refractivity contribution in [3.8, 4) is 0 Å². The molecule has 5 atom stereocenters. The summed E-state index contributed by atoms with van der Waals surface area (Å²) in [5.74, 6) is -2.39. The molecule has 3 fully saturated rings. The van der Waals surface area contributed by atoms with Crippen LogP contribution in [0.4, 0.5) is 5.69 Å². The first-order chi connectivity index (χ1) is 14.8. The summed E-state index contributed by atoms with van der Waals surface area (Å²) < 4.78 is 0. The van der Waals surface area contributed by atoms with E-state index >= 15 is 0 Å². The molecule has 5 unspecified atom stereocenters. The summed E-state index contributed by atoms with van der Waals surface area (Å²) in [5, 5.41) is 16.8. The Morgan fingerprint density at radius 2 is 1.74 bits per heavy atom. The molecule has 2 saturated heterocycles. The van der Waals surface area contributed by atoms with Crippen molar-refractivity contribution < 1.29 is 19.5 Å². The molecule has 0 aromatic heterocycles. The van der Waals surface area contributed by atoms with Gasteiger partial charge in [0.15, 0.2) is 0 Å². The summed E-state index contributed by atoms with van der Waals surface area (Å²) in [6.45, 7) is 5.51. The average Bonchev–Trinajstić information content (AvgIpc) is 3.18. The van der Waals surface area contributed by atoms with Crippen LogP contribution in [0.5, 0.6) is 0 Å². The number of fused-ring (bicyclic) bond motifs is 4. The number of carbonyl (C=O) groups is 3. The van der Waals surface area contributed by atoms with Crippen LogP contribution in [-0.4, -0.2) is 45.9 Å². The number of aliphatic hydroxyl groups excluding tert-OH is 1. The van der Waals surface area contributed by atoms with Gasteiger partial charge in [-0.1, -0.05) is 43.4 Å². The summed E-state index contributed by atoms with van der Waals surface area (Å²) in [5.41, 5.74) is 2.02. The zero-order valence-electron chi connectivity index (χ0n) is 18.4. The minimum absolute atomic E-state index is 0.108. The number of hydrogen-bond acceptors (Lipinski definition) is 5. The number of amides is 3. The van der Waals surface area contributed by atoms with Gasteiger partial charge in [-0.05, 0) is 39.2 Å². The highest BCUT2D eigenvalue weighted by Crippen LogP contribution is 2.54. The Hall–Kier alpha value is -2.25. The minimum Gasteiger partial charge on any atom is -0.392 e. The number of rotatable bonds is 2. The lowest BCUT2D eigenvalue weighted by atomic mass is 9.75. The number of carbonyl (C=O) groups excluding carboxylic acids is 3. The van der Waals surface area contributed by atoms with Gasteiger partial charge < -0.3 is 10.4 Å². The fourth-order valence-corrected chi connectivity index (χ4v) is 6.50. The normalized spacial score (nSPS) is 34.1. The molecule has 166 valence electrons. The Morgan fingerprint density at radius 3 is 2.39 bits per heavy atom. The van der Waals surface area contributed by atoms with Gasteiger partial charge in [-0.15, -0.1) is 0 Å². The van der Waals surface area contributed by atoms with Crippen molar-refractivity contribution in [2.24, 2.45) is 11.8 Å². The molecule has 31 heavy (non-hydrogen) atoms. The second kappa shape index (κ2) is 7.14. The monoisotopic (exact) mass is 425 g/mol. The Bertz CT molecular complexity index is 966. The van der Waals surface area contributed by atoms with Crippen LogP contribution in [0.1, 0.15) is 62.1 Å². The molecule has 4 aliphatic rings. The third-order valence-corrected chi connectivity index (χ3v) is 7.84. The summed E-state index contributed by atoms with van der Waals surface area (Å²) in [4.78, 5) is 42.5. The summed E-state index contributed by atoms with van der Waals surface area (Å²) >= 11 is 0. The maximum Gasteiger partial charge on any atom is 0.250 e. The summed E-state index contributed by atoms with van der Waals surface area (Å²) in [6, 6.07) is 3.16. The van der Waals surface area contributed by atoms with Crippen LogP contribution >= 0.6 is 0 Å². The molecule has 7 nitrogen and oxygen atoms in total. The molecule has 0 radical (unpaired) electrons. The van der Waals surface area contributed by atoms with Crippen molar-refractivity contribution >= 4 is 23.4 Å². The molecule has 0 bridgehead atoms. The number of benzene rings is 1. The van der Waals surface area contributed by atoms with Crippen LogP contribution in [0.15, 0.2) is 12.1 Å². The molecule has 3 amide bonds. The van der Waals surface area contributed by atoms with Gasteiger partial charge in [0, 0.05) is 23.3 Å². The van der Waals surface area contributed by atoms with Gasteiger partial charge >= 0.3 is 0 Å². The highest BCUT2D eigenvalue weighted by molar-refractivity contribution is 6.15. The van der Waals surface area contributed by atoms with E-state index in [4.69, 9.17) is 0 Å². The van der Waals surface area contributed by atoms with Crippen LogP contribution in [0.25, 0.3) is 0 Å². The van der Waals surface area contributed by atoms with E-state index in [9.17, 15) is 19.5 Å². The molecular weight excluding hydrogens is 394 g/mol. The Morgan fingerprint density at radius 1 is 1.06 bits per heavy atom. The number of anilines is 1. The minimum atomic E-state index is -1.33. The number of aliphatic hydroxyl groups is 1. The fourth-order valence-electron chi connectivity index (χ4n) is 6.50. The van der Waals surface area contributed by atoms with Gasteiger partial charge in [0.05, 0.1) is 17.9 Å². The quantitative estimate of drug-likeness (QED) is 0.498. The molecule has 3 heterocycles. The fraction of sp³-hybridized carbons (Fsp3) is 0.625. The van der Waals surface area contributed by atoms with Gasteiger partial charge in [0.1, 0.15) is 5.54 Å². The van der Waals surface area contributed by atoms with Gasteiger partial charge in [-0.2, -0.15) is 0 Å². The largest absolute Gasteiger partial charge is 0.392 e. The Balaban J connectivity index is 1.65. The van der Waals surface area contributed by atoms with E-state index in [0.29, 0.717) is 5.69 Å². The first kappa shape index (κ1) is 20.6. The maximum atomic E-state index is 13.9. The molecule has 3 aliphatic heterocycles. The topological polar surface area (TPSA) is 98.7 Å². The van der Waals surface area contributed by atoms with E-state index in [1.54, 1.807) is 6.92 Å². The van der Waals surface area contributed by atoms with E-state index < -0.39 is 29.5 Å². The number of aryl methyl sites for hydroxylation is 2. The zero-order valence-corrected chi connectivity index (χ0v) is 18.4. The van der Waals surface area contributed by atoms with Crippen LogP contribution < -0.4 is 10.6 Å². The smallest absolute Gasteiger partial charge is 0.250 e. The third kappa shape index (κ3) is 2.75. The lowest BCUT2D eigenvalue weighted by Gasteiger charge is -2.32. The van der Waals surface area contributed by atoms with E-state index in [1.165, 1.54) is 4.90 Å². The lowest BCUT2D eigenvalue weighted by Crippen LogP contribution is -2.55. The molecule has 1 aromatic carbocycles. The summed E-state index contributed by atoms with van der Waals surface area (Å²) in [6.07, 6.45) is 5.01. The van der Waals surface area contributed by atoms with Crippen molar-refractivity contribution in [3.63, 3.8) is 0 Å². The summed E-state index contributed by atoms with van der Waals surface area (Å²) in [7, 11) is 0. The number of nitrogens with one attached hydrogen (secondary N) is 2. The van der Waals surface area contributed by atoms with Crippen molar-refractivity contribution in [3.05, 3.63) is 28.8 Å². The molecule has 1 spiro atoms. The number of imide groups is 1. The van der Waals surface area contributed by atoms with Gasteiger partial charge in [0.2, 0.25) is 17.7 Å². The van der Waals surface area contributed by atoms with E-state index in [2.05, 4.69) is 10.6 Å². The average molecular weight is 426 g/mol. The number of likely N-dealkylation sites (tertiary alicyclic amines) is 1. The molecule has 7 heteroatoms. The van der Waals surface area contributed by atoms with Crippen LogP contribution in [0.2, 0.25) is 0 Å². The predicted octanol–water partition coefficient (Wildman–Crippen LogP) is 2.13. The van der Waals surface area contributed by atoms with E-state index in [0.717, 1.165) is 55.2 Å². The maximum absolute atomic E-state index is 13.9. The van der Waals surface area contributed by atoms with Crippen LogP contribution in [0.3, 0.4) is 0 Å². The standard InChI is InChI=1S/C24H31N3O4/c1-12-10-13(2)19-16(11-12)24(23(31)25-19)18-17(20(26-24)14(3)28)21(29)27(22(18)30)15-8-6-4-5-7-9-15/h10-11,14-15,17-18,20,26,28H,4-9H2,1-3H3,(H,25,31). The predicted molar refractivity (Wildman–Crippen MR) is 115 cm³/mol. The second-order valence-corrected chi connectivity index (χ2v) is 9.87. The zero-order chi connectivity index (χ0) is 22.1. The molecular formula is C24H31N3O4. The van der Waals surface area contributed by atoms with E-state index in [1.807, 2.05) is 26.0 Å². The highest BCUT2D eigenvalue weighted by Gasteiger charge is 2.71. The lowest BCUT2D eigenvalue weighted by molar-refractivity contribution is -0.146. The molecule has 1 aliphatic carbocycles. The molecule has 1 aromatic rings. The first-order valence-electron chi connectivity index (χ1n) is 11.5. The van der Waals surface area contributed by atoms with Crippen molar-refractivity contribution in [2.75, 3.05) is 5.32 Å². The van der Waals surface area contributed by atoms with Crippen LogP contribution in [0, 0.1) is 25.7 Å².